The van der Waals surface area contributed by atoms with Crippen LogP contribution in [-0.4, -0.2) is 203 Å². The van der Waals surface area contributed by atoms with Crippen LogP contribution in [0.5, 0.6) is 0 Å². The molecule has 3 rings (SSSR count). The third kappa shape index (κ3) is 21.1. The monoisotopic (exact) mass is 1110 g/mol. The fourth-order valence-corrected chi connectivity index (χ4v) is 9.31. The summed E-state index contributed by atoms with van der Waals surface area (Å²) in [6.07, 6.45) is -6.79. The lowest BCUT2D eigenvalue weighted by Crippen LogP contribution is -2.71. The molecule has 1 aliphatic carbocycles. The number of nitrogens with one attached hydrogen (secondary N) is 5. The van der Waals surface area contributed by atoms with Crippen molar-refractivity contribution in [2.45, 2.75) is 218 Å². The van der Waals surface area contributed by atoms with Gasteiger partial charge < -0.3 is 89.3 Å². The summed E-state index contributed by atoms with van der Waals surface area (Å²) in [7, 11) is -0.00992. The number of carbonyl (C=O) groups excluding carboxylic acids is 5. The van der Waals surface area contributed by atoms with Gasteiger partial charge in [0.2, 0.25) is 0 Å². The normalized spacial score (nSPS) is 28.3. The standard InChI is InChI=1S/C52H96N6O17S/c1-47(2,3)28-69-44(64)56-31-22-21-30(26-53-23-20-24-70-76(18,19)51(13,14)15)71-38(31)35-32(57-45(65)74-49(7,8)9)25-33(55-41(62)34(59)27-54-43(63)73-48(4,5)6)39(36(35)60)72-42-37(61)40(52(16,67)29-68-42)58(17)46(66)75-50(10,11)12/h21,31-40,42,53,59-61,67H,20,22-29H2,1-19H3,(H,54,63)(H,55,62)(H,56,64)(H,57,65)/t31-,32+,33-,34+,35-,36+,37-,38?,39+,40-,42-,52+/m1/s1. The first-order valence-corrected chi connectivity index (χ1v) is 28.5. The SMILES string of the molecule is CN(C(=O)OC(C)(C)C)[C@@H]1[C@@H](O)[C@@H](O[C@@H]2[C@@H](O)[C@H](C3OC(CNCCCOS(C)(C)C(C)(C)C)=CC[C@H]3NC(=O)OCC(C)(C)C)[C@@H](NC(=O)OC(C)(C)C)C[C@H]2NC(=O)[C@@H](O)CNC(=O)OC(C)(C)C)OC[C@]1(C)O. The van der Waals surface area contributed by atoms with Gasteiger partial charge in [0.1, 0.15) is 52.6 Å². The van der Waals surface area contributed by atoms with E-state index in [4.69, 9.17) is 37.3 Å². The zero-order valence-electron chi connectivity index (χ0n) is 48.7. The molecule has 76 heavy (non-hydrogen) atoms. The average molecular weight is 1110 g/mol. The van der Waals surface area contributed by atoms with Crippen LogP contribution in [0, 0.1) is 11.3 Å². The Morgan fingerprint density at radius 2 is 1.39 bits per heavy atom. The van der Waals surface area contributed by atoms with E-state index in [1.807, 2.05) is 20.8 Å². The van der Waals surface area contributed by atoms with Crippen molar-refractivity contribution < 1.29 is 81.7 Å². The number of aliphatic hydroxyl groups is 4. The zero-order valence-corrected chi connectivity index (χ0v) is 49.6. The molecular weight excluding hydrogens is 1010 g/mol. The average Bonchev–Trinajstić information content (AvgIpc) is 3.23. The van der Waals surface area contributed by atoms with Crippen LogP contribution >= 0.6 is 10.3 Å². The van der Waals surface area contributed by atoms with Crippen LogP contribution in [0.2, 0.25) is 0 Å². The van der Waals surface area contributed by atoms with Crippen LogP contribution in [-0.2, 0) is 42.1 Å². The lowest BCUT2D eigenvalue weighted by atomic mass is 9.72. The number of aliphatic hydroxyl groups excluding tert-OH is 3. The highest BCUT2D eigenvalue weighted by Crippen LogP contribution is 2.53. The van der Waals surface area contributed by atoms with Crippen LogP contribution in [0.3, 0.4) is 0 Å². The highest BCUT2D eigenvalue weighted by Gasteiger charge is 2.57. The molecule has 1 saturated heterocycles. The highest BCUT2D eigenvalue weighted by molar-refractivity contribution is 8.29. The van der Waals surface area contributed by atoms with E-state index in [0.29, 0.717) is 25.3 Å². The van der Waals surface area contributed by atoms with Gasteiger partial charge in [0, 0.05) is 23.8 Å². The minimum absolute atomic E-state index is 0.0115. The Morgan fingerprint density at radius 1 is 0.816 bits per heavy atom. The van der Waals surface area contributed by atoms with Gasteiger partial charge in [-0.2, -0.15) is 0 Å². The van der Waals surface area contributed by atoms with E-state index in [9.17, 15) is 44.4 Å². The van der Waals surface area contributed by atoms with E-state index in [1.54, 1.807) is 68.4 Å². The number of alkyl carbamates (subject to hydrolysis) is 3. The van der Waals surface area contributed by atoms with Crippen LogP contribution < -0.4 is 26.6 Å². The molecule has 1 saturated carbocycles. The number of rotatable bonds is 18. The number of amides is 5. The summed E-state index contributed by atoms with van der Waals surface area (Å²) < 4.78 is 47.7. The zero-order chi connectivity index (χ0) is 58.2. The van der Waals surface area contributed by atoms with E-state index in [0.717, 1.165) is 4.90 Å². The summed E-state index contributed by atoms with van der Waals surface area (Å²) in [6, 6.07) is -4.83. The summed E-state index contributed by atoms with van der Waals surface area (Å²) in [6.45, 7) is 28.7. The summed E-state index contributed by atoms with van der Waals surface area (Å²) in [4.78, 5) is 68.3. The molecular formula is C52H96N6O17S. The van der Waals surface area contributed by atoms with Crippen molar-refractivity contribution in [3.8, 4) is 0 Å². The molecule has 0 radical (unpaired) electrons. The molecule has 0 aromatic rings. The Morgan fingerprint density at radius 3 is 1.96 bits per heavy atom. The maximum absolute atomic E-state index is 14.0. The first-order valence-electron chi connectivity index (χ1n) is 26.1. The predicted octanol–water partition coefficient (Wildman–Crippen LogP) is 4.31. The minimum Gasteiger partial charge on any atom is -0.491 e. The lowest BCUT2D eigenvalue weighted by molar-refractivity contribution is -0.305. The van der Waals surface area contributed by atoms with Crippen molar-refractivity contribution in [3.05, 3.63) is 11.8 Å². The second kappa shape index (κ2) is 26.4. The van der Waals surface area contributed by atoms with Crippen LogP contribution in [0.1, 0.15) is 130 Å². The van der Waals surface area contributed by atoms with Gasteiger partial charge in [-0.15, -0.1) is 10.3 Å². The molecule has 0 bridgehead atoms. The fourth-order valence-electron chi connectivity index (χ4n) is 8.43. The third-order valence-corrected chi connectivity index (χ3v) is 16.4. The highest BCUT2D eigenvalue weighted by atomic mass is 32.3. The van der Waals surface area contributed by atoms with Crippen LogP contribution in [0.15, 0.2) is 11.8 Å². The number of nitrogens with zero attached hydrogens (tertiary/aromatic N) is 1. The van der Waals surface area contributed by atoms with Gasteiger partial charge in [0.05, 0.1) is 57.1 Å². The van der Waals surface area contributed by atoms with Gasteiger partial charge in [0.25, 0.3) is 5.91 Å². The molecule has 2 fully saturated rings. The van der Waals surface area contributed by atoms with Gasteiger partial charge in [-0.05, 0) is 119 Å². The Labute approximate surface area is 452 Å². The number of hydrogen-bond acceptors (Lipinski definition) is 18. The summed E-state index contributed by atoms with van der Waals surface area (Å²) in [5, 5.41) is 62.0. The van der Waals surface area contributed by atoms with Crippen molar-refractivity contribution in [1.29, 1.82) is 0 Å². The Hall–Kier alpha value is -3.88. The Kier molecular flexibility index (Phi) is 23.1. The first kappa shape index (κ1) is 66.4. The minimum atomic E-state index is -1.88. The van der Waals surface area contributed by atoms with E-state index < -0.39 is 148 Å². The van der Waals surface area contributed by atoms with Gasteiger partial charge in [-0.1, -0.05) is 41.5 Å². The predicted molar refractivity (Wildman–Crippen MR) is 286 cm³/mol. The molecule has 0 spiro atoms. The van der Waals surface area contributed by atoms with Crippen molar-refractivity contribution in [2.24, 2.45) is 11.3 Å². The smallest absolute Gasteiger partial charge is 0.410 e. The first-order chi connectivity index (χ1) is 34.5. The second-order valence-corrected chi connectivity index (χ2v) is 29.7. The molecule has 0 aromatic heterocycles. The van der Waals surface area contributed by atoms with Crippen molar-refractivity contribution >= 4 is 40.6 Å². The van der Waals surface area contributed by atoms with E-state index in [2.05, 4.69) is 59.9 Å². The Bertz CT molecular complexity index is 1970. The van der Waals surface area contributed by atoms with Crippen LogP contribution in [0.25, 0.3) is 0 Å². The van der Waals surface area contributed by atoms with E-state index in [-0.39, 0.29) is 30.7 Å². The van der Waals surface area contributed by atoms with Crippen molar-refractivity contribution in [1.82, 2.24) is 31.5 Å². The topological polar surface area (TPSA) is 304 Å². The Balaban J connectivity index is 2.15. The van der Waals surface area contributed by atoms with Gasteiger partial charge >= 0.3 is 24.4 Å². The fraction of sp³-hybridized carbons (Fsp3) is 0.865. The van der Waals surface area contributed by atoms with E-state index in [1.165, 1.54) is 14.0 Å². The van der Waals surface area contributed by atoms with Crippen LogP contribution in [0.4, 0.5) is 19.2 Å². The molecule has 442 valence electrons. The third-order valence-electron chi connectivity index (χ3n) is 12.7. The molecule has 5 amide bonds. The maximum atomic E-state index is 14.0. The molecule has 2 aliphatic heterocycles. The quantitative estimate of drug-likeness (QED) is 0.0682. The number of carbonyl (C=O) groups is 5. The summed E-state index contributed by atoms with van der Waals surface area (Å²) in [5.41, 5.74) is -5.09. The molecule has 0 aromatic carbocycles. The summed E-state index contributed by atoms with van der Waals surface area (Å²) in [5.74, 6) is -1.82. The molecule has 12 atom stereocenters. The van der Waals surface area contributed by atoms with Gasteiger partial charge in [-0.25, -0.2) is 19.2 Å². The van der Waals surface area contributed by atoms with Crippen molar-refractivity contribution in [2.75, 3.05) is 59.0 Å². The summed E-state index contributed by atoms with van der Waals surface area (Å²) >= 11 is 0. The number of ether oxygens (including phenoxy) is 7. The number of hydrogen-bond donors (Lipinski definition) is 9. The largest absolute Gasteiger partial charge is 0.491 e. The second-order valence-electron chi connectivity index (χ2n) is 25.8. The van der Waals surface area contributed by atoms with Gasteiger partial charge in [0.15, 0.2) is 6.29 Å². The molecule has 9 N–H and O–H groups in total. The van der Waals surface area contributed by atoms with E-state index >= 15 is 0 Å². The van der Waals surface area contributed by atoms with Gasteiger partial charge in [-0.3, -0.25) is 4.79 Å². The maximum Gasteiger partial charge on any atom is 0.410 e. The van der Waals surface area contributed by atoms with Crippen molar-refractivity contribution in [3.63, 3.8) is 0 Å². The molecule has 3 aliphatic rings. The molecule has 2 heterocycles. The molecule has 24 heteroatoms. The lowest BCUT2D eigenvalue weighted by Gasteiger charge is -2.52. The number of likely N-dealkylation sites (N-methyl/N-ethyl adjacent to an activating group) is 1. The molecule has 1 unspecified atom stereocenters. The molecule has 23 nitrogen and oxygen atoms in total.